The summed E-state index contributed by atoms with van der Waals surface area (Å²) in [5.74, 6) is -3.79. The van der Waals surface area contributed by atoms with Crippen LogP contribution in [0.2, 0.25) is 0 Å². The van der Waals surface area contributed by atoms with Crippen molar-refractivity contribution >= 4 is 141 Å². The number of anilines is 3. The van der Waals surface area contributed by atoms with Crippen LogP contribution >= 0.6 is 43.2 Å². The lowest BCUT2D eigenvalue weighted by atomic mass is 9.72. The molecule has 5 aliphatic rings. The molecule has 1 spiro atoms. The van der Waals surface area contributed by atoms with E-state index in [1.807, 2.05) is 20.0 Å². The highest BCUT2D eigenvalue weighted by molar-refractivity contribution is 7.80. The summed E-state index contributed by atoms with van der Waals surface area (Å²) in [6.45, 7) is 11.8. The molecule has 30 heteroatoms. The molecule has 0 saturated heterocycles. The molecule has 10 rings (SSSR count). The van der Waals surface area contributed by atoms with Gasteiger partial charge in [0.2, 0.25) is 29.5 Å². The number of rotatable bonds is 31. The van der Waals surface area contributed by atoms with Crippen LogP contribution in [0.3, 0.4) is 0 Å². The van der Waals surface area contributed by atoms with Crippen molar-refractivity contribution in [3.05, 3.63) is 76.6 Å². The number of nitrogens with two attached hydrogens (primary N) is 1. The number of fused-ring (bicyclic) bond motifs is 6. The smallest absolute Gasteiger partial charge is 0.466 e. The first-order valence-electron chi connectivity index (χ1n) is 33.0. The van der Waals surface area contributed by atoms with Gasteiger partial charge in [-0.05, 0) is 124 Å². The van der Waals surface area contributed by atoms with Gasteiger partial charge in [-0.1, -0.05) is 32.4 Å². The van der Waals surface area contributed by atoms with Crippen LogP contribution in [-0.2, 0) is 49.5 Å². The lowest BCUT2D eigenvalue weighted by Crippen LogP contribution is -2.49. The number of alkyl halides is 2. The van der Waals surface area contributed by atoms with Crippen LogP contribution < -0.4 is 46.1 Å². The number of phosphoric ester groups is 1. The number of urea groups is 1. The van der Waals surface area contributed by atoms with Crippen molar-refractivity contribution < 1.29 is 71.5 Å². The number of amides is 8. The molecule has 98 heavy (non-hydrogen) atoms. The molecule has 8 unspecified atom stereocenters. The van der Waals surface area contributed by atoms with Crippen LogP contribution in [0.4, 0.5) is 26.7 Å². The minimum atomic E-state index is -4.99. The van der Waals surface area contributed by atoms with Crippen molar-refractivity contribution in [2.24, 2.45) is 39.7 Å². The first-order valence-corrected chi connectivity index (χ1v) is 36.0. The van der Waals surface area contributed by atoms with Gasteiger partial charge in [-0.3, -0.25) is 38.6 Å². The topological polar surface area (TPSA) is 358 Å². The molecule has 26 nitrogen and oxygen atoms in total. The van der Waals surface area contributed by atoms with Crippen molar-refractivity contribution in [3.8, 4) is 11.5 Å². The van der Waals surface area contributed by atoms with E-state index in [-0.39, 0.29) is 134 Å². The summed E-state index contributed by atoms with van der Waals surface area (Å²) in [5, 5.41) is 12.6. The number of aromatic amines is 2. The van der Waals surface area contributed by atoms with Crippen molar-refractivity contribution in [3.63, 3.8) is 0 Å². The van der Waals surface area contributed by atoms with E-state index >= 15 is 4.79 Å². The summed E-state index contributed by atoms with van der Waals surface area (Å²) in [7, 11) is -1.68. The molecule has 3 aromatic carbocycles. The number of carbonyl (C=O) groups is 9. The molecule has 3 fully saturated rings. The third-order valence-electron chi connectivity index (χ3n) is 20.4. The Morgan fingerprint density at radius 1 is 0.755 bits per heavy atom. The SMILES string of the molecule is CC(=O)CC(CCCCNC(C)=O)C(=O)NC(C(=O)CC(CCCNC(N)=O)C(=O)Nc1ccc(COC(=S)N(C)CCN(C)C(=O)Oc2cc3c(c4c(C)c[nH]c24)C(CCl)CN3C(=O)C23CC4(C(=O)N5CC(CCl)c6c5cc(OP(=O)(O)O)c5[nH]cc(C)c65)CC24C3)cc1)C(C)C. The Balaban J connectivity index is 0.732. The van der Waals surface area contributed by atoms with Crippen molar-refractivity contribution in [1.82, 2.24) is 35.7 Å². The predicted octanol–water partition coefficient (Wildman–Crippen LogP) is 8.82. The number of Topliss-reactive ketones (excluding diaryl/α,β-unsaturated/α-hetero) is 2. The molecular weight excluding hydrogens is 1340 g/mol. The third-order valence-corrected chi connectivity index (χ3v) is 22.0. The van der Waals surface area contributed by atoms with Crippen LogP contribution in [0.1, 0.15) is 132 Å². The maximum absolute atomic E-state index is 15.2. The van der Waals surface area contributed by atoms with E-state index in [9.17, 15) is 52.7 Å². The molecule has 10 N–H and O–H groups in total. The summed E-state index contributed by atoms with van der Waals surface area (Å²) in [6, 6.07) is 8.36. The number of hydrogen-bond donors (Lipinski definition) is 9. The Kier molecular flexibility index (Phi) is 21.7. The number of ether oxygens (including phenoxy) is 2. The molecule has 0 bridgehead atoms. The number of thiocarbonyl (C=S) groups is 1. The van der Waals surface area contributed by atoms with E-state index in [0.717, 1.165) is 27.6 Å². The van der Waals surface area contributed by atoms with Gasteiger partial charge in [-0.2, -0.15) is 0 Å². The molecule has 3 aliphatic carbocycles. The van der Waals surface area contributed by atoms with Gasteiger partial charge in [-0.15, -0.1) is 23.2 Å². The largest absolute Gasteiger partial charge is 0.524 e. The second-order valence-electron chi connectivity index (χ2n) is 27.5. The molecule has 8 amide bonds. The minimum Gasteiger partial charge on any atom is -0.466 e. The molecule has 528 valence electrons. The van der Waals surface area contributed by atoms with E-state index in [4.69, 9.17) is 55.2 Å². The Hall–Kier alpha value is -7.81. The highest BCUT2D eigenvalue weighted by Crippen LogP contribution is 3.01. The first kappa shape index (κ1) is 72.9. The van der Waals surface area contributed by atoms with E-state index in [1.54, 1.807) is 79.2 Å². The monoisotopic (exact) mass is 1430 g/mol. The zero-order valence-corrected chi connectivity index (χ0v) is 59.4. The van der Waals surface area contributed by atoms with E-state index in [0.29, 0.717) is 90.5 Å². The first-order chi connectivity index (χ1) is 46.4. The average Bonchev–Trinajstić information content (AvgIpc) is 1.40. The fraction of sp³-hybridized carbons (Fsp3) is 0.529. The molecular formula is C68H86Cl2N11O15PS. The molecule has 0 radical (unpaired) electrons. The van der Waals surface area contributed by atoms with E-state index in [2.05, 4.69) is 31.2 Å². The second kappa shape index (κ2) is 29.2. The summed E-state index contributed by atoms with van der Waals surface area (Å²) in [6.07, 6.45) is 6.04. The van der Waals surface area contributed by atoms with E-state index < -0.39 is 65.9 Å². The van der Waals surface area contributed by atoms with Crippen LogP contribution in [-0.4, -0.2) is 159 Å². The number of H-pyrrole nitrogens is 2. The number of benzene rings is 3. The molecule has 3 saturated carbocycles. The number of likely N-dealkylation sites (N-methyl/N-ethyl adjacent to an activating group) is 2. The van der Waals surface area contributed by atoms with Gasteiger partial charge in [0, 0.05) is 155 Å². The van der Waals surface area contributed by atoms with Gasteiger partial charge in [0.1, 0.15) is 12.4 Å². The predicted molar refractivity (Wildman–Crippen MR) is 373 cm³/mol. The van der Waals surface area contributed by atoms with E-state index in [1.165, 1.54) is 24.8 Å². The summed E-state index contributed by atoms with van der Waals surface area (Å²) in [4.78, 5) is 153. The number of aromatic nitrogens is 2. The zero-order chi connectivity index (χ0) is 71.1. The summed E-state index contributed by atoms with van der Waals surface area (Å²) >= 11 is 18.9. The van der Waals surface area contributed by atoms with Crippen LogP contribution in [0.25, 0.3) is 21.8 Å². The average molecular weight is 1430 g/mol. The molecule has 8 atom stereocenters. The van der Waals surface area contributed by atoms with Gasteiger partial charge in [-0.25, -0.2) is 14.2 Å². The molecule has 2 aliphatic heterocycles. The number of primary amides is 1. The quantitative estimate of drug-likeness (QED) is 0.00865. The number of carbonyl (C=O) groups excluding carboxylic acids is 9. The van der Waals surface area contributed by atoms with Crippen molar-refractivity contribution in [1.29, 1.82) is 0 Å². The third kappa shape index (κ3) is 14.6. The van der Waals surface area contributed by atoms with Gasteiger partial charge in [0.25, 0.3) is 5.17 Å². The van der Waals surface area contributed by atoms with Gasteiger partial charge in [0.15, 0.2) is 17.3 Å². The maximum Gasteiger partial charge on any atom is 0.524 e. The van der Waals surface area contributed by atoms with Crippen LogP contribution in [0.15, 0.2) is 48.8 Å². The summed E-state index contributed by atoms with van der Waals surface area (Å²) in [5.41, 5.74) is 9.59. The molecule has 4 heterocycles. The number of ketones is 2. The number of phosphoric acid groups is 1. The minimum absolute atomic E-state index is 0.0124. The second-order valence-corrected chi connectivity index (χ2v) is 29.6. The number of nitrogens with one attached hydrogen (secondary N) is 6. The van der Waals surface area contributed by atoms with Crippen molar-refractivity contribution in [2.45, 2.75) is 130 Å². The number of unbranched alkanes of at least 4 members (excludes halogenated alkanes) is 1. The van der Waals surface area contributed by atoms with Crippen LogP contribution in [0.5, 0.6) is 11.5 Å². The van der Waals surface area contributed by atoms with Gasteiger partial charge < -0.3 is 75.4 Å². The zero-order valence-electron chi connectivity index (χ0n) is 56.2. The van der Waals surface area contributed by atoms with Gasteiger partial charge in [0.05, 0.1) is 39.3 Å². The standard InChI is InChI=1S/C68H86Cl2N11O15PS/c1-36(2)56(77-60(86)42(22-39(5)82)12-9-10-18-72-40(6)83)49(84)23-43(13-11-19-73-63(71)89)59(85)76-46-16-14-41(15-17-46)32-94-65(98)79(8)21-20-78(7)64(90)95-50-24-47-54(52-37(3)28-74-57(50)52)44(26-69)30-80(47)61(87)66-33-67(35-68(66,67)34-66)62(88)81-31-45(27-70)55-48(81)25-51(96-97(91,92)93)58-53(55)38(4)29-75-58/h14-17,24-25,28-29,36,42-45,56,74-75H,9-13,18-23,26-27,30-35H2,1-8H3,(H,72,83)(H,76,85)(H,77,86)(H3,71,73,89)(H2,91,92,93). The summed E-state index contributed by atoms with van der Waals surface area (Å²) < 4.78 is 29.4. The maximum atomic E-state index is 15.2. The molecule has 2 aromatic heterocycles. The van der Waals surface area contributed by atoms with Crippen LogP contribution in [0, 0.1) is 47.8 Å². The normalized spacial score (nSPS) is 20.9. The van der Waals surface area contributed by atoms with Crippen molar-refractivity contribution in [2.75, 3.05) is 80.2 Å². The number of hydrogen-bond acceptors (Lipinski definition) is 14. The number of aryl methyl sites for hydroxylation is 2. The number of halogens is 2. The highest BCUT2D eigenvalue weighted by atomic mass is 35.5. The lowest BCUT2D eigenvalue weighted by Gasteiger charge is -2.37. The molecule has 5 aromatic rings. The Morgan fingerprint density at radius 2 is 1.30 bits per heavy atom. The fourth-order valence-electron chi connectivity index (χ4n) is 15.3. The fourth-order valence-corrected chi connectivity index (χ4v) is 16.3. The highest BCUT2D eigenvalue weighted by Gasteiger charge is 3.01. The van der Waals surface area contributed by atoms with Gasteiger partial charge >= 0.3 is 19.9 Å². The Morgan fingerprint density at radius 3 is 1.83 bits per heavy atom. The Labute approximate surface area is 583 Å². The number of nitrogens with zero attached hydrogens (tertiary/aromatic N) is 4. The Bertz CT molecular complexity index is 4070. The lowest BCUT2D eigenvalue weighted by molar-refractivity contribution is -0.134.